The Morgan fingerprint density at radius 2 is 1.79 bits per heavy atom. The summed E-state index contributed by atoms with van der Waals surface area (Å²) in [5.74, 6) is 0.499. The van der Waals surface area contributed by atoms with Crippen LogP contribution in [0, 0.1) is 0 Å². The summed E-state index contributed by atoms with van der Waals surface area (Å²) in [6.45, 7) is 8.51. The van der Waals surface area contributed by atoms with E-state index < -0.39 is 6.10 Å². The van der Waals surface area contributed by atoms with E-state index in [1.165, 1.54) is 16.9 Å². The van der Waals surface area contributed by atoms with Gasteiger partial charge in [-0.05, 0) is 29.5 Å². The fourth-order valence-corrected chi connectivity index (χ4v) is 3.50. The molecule has 0 aliphatic carbocycles. The number of rotatable bonds is 6. The number of carbonyl (C=O) groups excluding carboxylic acids is 1. The largest absolute Gasteiger partial charge is 0.481 e. The third kappa shape index (κ3) is 4.98. The highest BCUT2D eigenvalue weighted by atomic mass is 32.1. The van der Waals surface area contributed by atoms with E-state index in [9.17, 15) is 4.79 Å². The van der Waals surface area contributed by atoms with Gasteiger partial charge in [0, 0.05) is 10.9 Å². The molecule has 2 aromatic carbocycles. The number of para-hydroxylation sites is 1. The molecule has 1 atom stereocenters. The van der Waals surface area contributed by atoms with Gasteiger partial charge in [0.1, 0.15) is 5.75 Å². The van der Waals surface area contributed by atoms with Gasteiger partial charge in [-0.2, -0.15) is 0 Å². The maximum Gasteiger partial charge on any atom is 0.267 e. The van der Waals surface area contributed by atoms with Gasteiger partial charge >= 0.3 is 0 Å². The predicted octanol–water partition coefficient (Wildman–Crippen LogP) is 5.90. The lowest BCUT2D eigenvalue weighted by Crippen LogP contribution is -2.32. The number of thiazole rings is 1. The molecule has 4 nitrogen and oxygen atoms in total. The Morgan fingerprint density at radius 3 is 2.39 bits per heavy atom. The van der Waals surface area contributed by atoms with Crippen LogP contribution in [0.1, 0.15) is 39.7 Å². The lowest BCUT2D eigenvalue weighted by Gasteiger charge is -2.18. The summed E-state index contributed by atoms with van der Waals surface area (Å²) in [7, 11) is 0. The Hall–Kier alpha value is -2.66. The molecule has 0 bridgehead atoms. The van der Waals surface area contributed by atoms with Crippen molar-refractivity contribution in [3.63, 3.8) is 0 Å². The number of carbonyl (C=O) groups is 1. The number of hydrogen-bond donors (Lipinski definition) is 1. The molecule has 28 heavy (non-hydrogen) atoms. The van der Waals surface area contributed by atoms with E-state index in [2.05, 4.69) is 55.3 Å². The zero-order chi connectivity index (χ0) is 20.1. The molecular weight excluding hydrogens is 368 g/mol. The van der Waals surface area contributed by atoms with Crippen molar-refractivity contribution in [3.8, 4) is 17.0 Å². The number of aromatic nitrogens is 1. The Bertz CT molecular complexity index is 912. The molecule has 146 valence electrons. The Labute approximate surface area is 170 Å². The van der Waals surface area contributed by atoms with Crippen molar-refractivity contribution in [1.29, 1.82) is 0 Å². The summed E-state index contributed by atoms with van der Waals surface area (Å²) in [6.07, 6.45) is 0.0218. The van der Waals surface area contributed by atoms with Crippen molar-refractivity contribution >= 4 is 22.4 Å². The summed E-state index contributed by atoms with van der Waals surface area (Å²) in [6, 6.07) is 17.8. The minimum atomic E-state index is -0.555. The van der Waals surface area contributed by atoms with Gasteiger partial charge in [0.2, 0.25) is 0 Å². The third-order valence-electron chi connectivity index (χ3n) is 4.47. The molecule has 1 heterocycles. The predicted molar refractivity (Wildman–Crippen MR) is 116 cm³/mol. The summed E-state index contributed by atoms with van der Waals surface area (Å²) in [5.41, 5.74) is 3.30. The van der Waals surface area contributed by atoms with Gasteiger partial charge in [0.05, 0.1) is 5.69 Å². The second-order valence-corrected chi connectivity index (χ2v) is 8.54. The van der Waals surface area contributed by atoms with Gasteiger partial charge in [-0.25, -0.2) is 4.98 Å². The summed E-state index contributed by atoms with van der Waals surface area (Å²) >= 11 is 1.42. The number of nitrogens with zero attached hydrogens (tertiary/aromatic N) is 1. The van der Waals surface area contributed by atoms with E-state index >= 15 is 0 Å². The Balaban J connectivity index is 1.67. The van der Waals surface area contributed by atoms with Gasteiger partial charge in [-0.15, -0.1) is 11.3 Å². The van der Waals surface area contributed by atoms with E-state index in [0.29, 0.717) is 17.3 Å². The number of ether oxygens (including phenoxy) is 1. The molecule has 0 aliphatic rings. The third-order valence-corrected chi connectivity index (χ3v) is 5.22. The van der Waals surface area contributed by atoms with Crippen LogP contribution in [0.2, 0.25) is 0 Å². The van der Waals surface area contributed by atoms with Crippen LogP contribution in [0.4, 0.5) is 5.13 Å². The number of nitrogens with one attached hydrogen (secondary N) is 1. The molecule has 3 rings (SSSR count). The average molecular weight is 395 g/mol. The van der Waals surface area contributed by atoms with E-state index in [-0.39, 0.29) is 11.3 Å². The second kappa shape index (κ2) is 8.57. The van der Waals surface area contributed by atoms with Crippen LogP contribution in [-0.4, -0.2) is 17.0 Å². The Morgan fingerprint density at radius 1 is 1.11 bits per heavy atom. The zero-order valence-corrected chi connectivity index (χ0v) is 17.5. The number of hydrogen-bond acceptors (Lipinski definition) is 4. The first-order valence-corrected chi connectivity index (χ1v) is 10.3. The normalized spacial score (nSPS) is 12.4. The maximum absolute atomic E-state index is 12.6. The molecule has 1 amide bonds. The molecule has 0 radical (unpaired) electrons. The number of benzene rings is 2. The zero-order valence-electron chi connectivity index (χ0n) is 16.7. The van der Waals surface area contributed by atoms with E-state index in [1.54, 1.807) is 0 Å². The molecule has 1 aromatic heterocycles. The fraction of sp³-hybridized carbons (Fsp3) is 0.304. The van der Waals surface area contributed by atoms with Gasteiger partial charge < -0.3 is 4.74 Å². The highest BCUT2D eigenvalue weighted by Crippen LogP contribution is 2.28. The van der Waals surface area contributed by atoms with Crippen molar-refractivity contribution in [2.45, 2.75) is 45.6 Å². The molecule has 5 heteroatoms. The molecule has 1 N–H and O–H groups in total. The first kappa shape index (κ1) is 20.1. The molecule has 0 unspecified atom stereocenters. The molecule has 0 saturated carbocycles. The summed E-state index contributed by atoms with van der Waals surface area (Å²) in [5, 5.41) is 5.42. The van der Waals surface area contributed by atoms with Crippen LogP contribution in [0.15, 0.2) is 60.0 Å². The van der Waals surface area contributed by atoms with Crippen LogP contribution >= 0.6 is 11.3 Å². The fourth-order valence-electron chi connectivity index (χ4n) is 2.78. The lowest BCUT2D eigenvalue weighted by atomic mass is 9.86. The van der Waals surface area contributed by atoms with Crippen molar-refractivity contribution in [3.05, 3.63) is 65.5 Å². The van der Waals surface area contributed by atoms with Crippen LogP contribution in [0.3, 0.4) is 0 Å². The van der Waals surface area contributed by atoms with E-state index in [1.807, 2.05) is 42.6 Å². The molecule has 3 aromatic rings. The molecular formula is C23H26N2O2S. The number of amides is 1. The van der Waals surface area contributed by atoms with Gasteiger partial charge in [0.25, 0.3) is 5.91 Å². The van der Waals surface area contributed by atoms with Gasteiger partial charge in [-0.1, -0.05) is 70.2 Å². The van der Waals surface area contributed by atoms with Gasteiger partial charge in [0.15, 0.2) is 11.2 Å². The van der Waals surface area contributed by atoms with Gasteiger partial charge in [-0.3, -0.25) is 10.1 Å². The van der Waals surface area contributed by atoms with Crippen molar-refractivity contribution in [2.24, 2.45) is 0 Å². The van der Waals surface area contributed by atoms with Crippen LogP contribution in [0.5, 0.6) is 5.75 Å². The van der Waals surface area contributed by atoms with Crippen molar-refractivity contribution in [1.82, 2.24) is 4.98 Å². The summed E-state index contributed by atoms with van der Waals surface area (Å²) < 4.78 is 5.80. The van der Waals surface area contributed by atoms with Crippen molar-refractivity contribution < 1.29 is 9.53 Å². The molecule has 0 aliphatic heterocycles. The summed E-state index contributed by atoms with van der Waals surface area (Å²) in [4.78, 5) is 17.1. The average Bonchev–Trinajstić information content (AvgIpc) is 3.14. The highest BCUT2D eigenvalue weighted by molar-refractivity contribution is 7.14. The minimum Gasteiger partial charge on any atom is -0.481 e. The smallest absolute Gasteiger partial charge is 0.267 e. The highest BCUT2D eigenvalue weighted by Gasteiger charge is 2.20. The second-order valence-electron chi connectivity index (χ2n) is 7.68. The quantitative estimate of drug-likeness (QED) is 0.566. The standard InChI is InChI=1S/C23H26N2O2S/c1-5-20(27-18-9-7-6-8-10-18)21(26)25-22-24-19(15-28-22)16-11-13-17(14-12-16)23(2,3)4/h6-15,20H,5H2,1-4H3,(H,24,25,26)/t20-/m0/s1. The maximum atomic E-state index is 12.6. The first-order chi connectivity index (χ1) is 13.4. The SMILES string of the molecule is CC[C@H](Oc1ccccc1)C(=O)Nc1nc(-c2ccc(C(C)(C)C)cc2)cs1. The van der Waals surface area contributed by atoms with E-state index in [4.69, 9.17) is 4.74 Å². The number of anilines is 1. The lowest BCUT2D eigenvalue weighted by molar-refractivity contribution is -0.122. The van der Waals surface area contributed by atoms with Crippen LogP contribution < -0.4 is 10.1 Å². The van der Waals surface area contributed by atoms with E-state index in [0.717, 1.165) is 11.3 Å². The minimum absolute atomic E-state index is 0.119. The topological polar surface area (TPSA) is 51.2 Å². The monoisotopic (exact) mass is 394 g/mol. The Kier molecular flexibility index (Phi) is 6.15. The molecule has 0 fully saturated rings. The van der Waals surface area contributed by atoms with Crippen molar-refractivity contribution in [2.75, 3.05) is 5.32 Å². The van der Waals surface area contributed by atoms with Crippen LogP contribution in [0.25, 0.3) is 11.3 Å². The first-order valence-electron chi connectivity index (χ1n) is 9.46. The molecule has 0 saturated heterocycles. The van der Waals surface area contributed by atoms with Crippen LogP contribution in [-0.2, 0) is 10.2 Å². The molecule has 0 spiro atoms.